The first-order chi connectivity index (χ1) is 29.7. The van der Waals surface area contributed by atoms with Gasteiger partial charge in [0.05, 0.1) is 26.9 Å². The van der Waals surface area contributed by atoms with Crippen LogP contribution in [-0.4, -0.2) is 78.4 Å². The Kier molecular flexibility index (Phi) is 11.9. The van der Waals surface area contributed by atoms with Crippen LogP contribution in [0.25, 0.3) is 33.1 Å². The molecule has 9 rings (SSSR count). The van der Waals surface area contributed by atoms with E-state index in [2.05, 4.69) is 43.3 Å². The number of pyridine rings is 1. The van der Waals surface area contributed by atoms with Crippen molar-refractivity contribution in [3.05, 3.63) is 132 Å². The summed E-state index contributed by atoms with van der Waals surface area (Å²) in [5, 5.41) is 50.5. The molecule has 0 bridgehead atoms. The molecule has 316 valence electrons. The zero-order chi connectivity index (χ0) is 42.1. The number of aromatic amines is 1. The summed E-state index contributed by atoms with van der Waals surface area (Å²) in [6, 6.07) is 24.2. The third-order valence-corrected chi connectivity index (χ3v) is 14.6. The standard InChI is InChI=1S/C47H50N6O6S2/c1-52(32-13-15-33(16-14-32)59-46(57)47(58,41-12-6-23-60-41)42-25-31(28-61-42)29-8-3-2-4-9-29)21-7-22-53-45-37-11-5-10-34(37)30(24-38(45)50-51-53)26-48-27-40(55)35-17-19-39(54)44-36(35)18-20-43(56)49-44/h2-4,6,8-9,12,17-20,23-25,28,32-33,40,48,54-55,58H,5,7,10-11,13-16,21-22,26-27H2,1H3,(H,49,56)/t32?,33?,40-,47?/m0/s1. The number of aryl methyl sites for hydroxylation is 2. The number of H-pyrrole nitrogens is 1. The number of ether oxygens (including phenoxy) is 1. The summed E-state index contributed by atoms with van der Waals surface area (Å²) >= 11 is 2.73. The quantitative estimate of drug-likeness (QED) is 0.0667. The molecular weight excluding hydrogens is 809 g/mol. The van der Waals surface area contributed by atoms with Gasteiger partial charge in [0.1, 0.15) is 17.4 Å². The second kappa shape index (κ2) is 17.6. The van der Waals surface area contributed by atoms with E-state index in [0.717, 1.165) is 86.6 Å². The Morgan fingerprint density at radius 1 is 1.00 bits per heavy atom. The predicted molar refractivity (Wildman–Crippen MR) is 239 cm³/mol. The van der Waals surface area contributed by atoms with Crippen LogP contribution in [0.3, 0.4) is 0 Å². The van der Waals surface area contributed by atoms with Crippen molar-refractivity contribution in [2.75, 3.05) is 20.1 Å². The third kappa shape index (κ3) is 8.28. The molecule has 1 saturated carbocycles. The van der Waals surface area contributed by atoms with Gasteiger partial charge in [0.2, 0.25) is 11.2 Å². The molecule has 12 nitrogen and oxygen atoms in total. The fourth-order valence-electron chi connectivity index (χ4n) is 9.27. The van der Waals surface area contributed by atoms with Gasteiger partial charge >= 0.3 is 5.97 Å². The Morgan fingerprint density at radius 2 is 1.82 bits per heavy atom. The third-order valence-electron chi connectivity index (χ3n) is 12.5. The molecule has 4 heterocycles. The largest absolute Gasteiger partial charge is 0.506 e. The molecule has 0 spiro atoms. The van der Waals surface area contributed by atoms with Gasteiger partial charge in [0.25, 0.3) is 0 Å². The van der Waals surface area contributed by atoms with Gasteiger partial charge < -0.3 is 35.3 Å². The van der Waals surface area contributed by atoms with E-state index in [1.165, 1.54) is 51.5 Å². The van der Waals surface area contributed by atoms with Crippen LogP contribution in [0.2, 0.25) is 0 Å². The van der Waals surface area contributed by atoms with Gasteiger partial charge in [-0.25, -0.2) is 9.48 Å². The van der Waals surface area contributed by atoms with E-state index in [4.69, 9.17) is 4.74 Å². The number of carbonyl (C=O) groups is 1. The van der Waals surface area contributed by atoms with E-state index in [1.807, 2.05) is 53.2 Å². The van der Waals surface area contributed by atoms with E-state index in [1.54, 1.807) is 18.2 Å². The summed E-state index contributed by atoms with van der Waals surface area (Å²) in [5.41, 5.74) is 6.59. The number of aliphatic hydroxyl groups is 2. The summed E-state index contributed by atoms with van der Waals surface area (Å²) in [6.45, 7) is 2.52. The van der Waals surface area contributed by atoms with Gasteiger partial charge in [-0.15, -0.1) is 27.8 Å². The maximum absolute atomic E-state index is 13.9. The second-order valence-electron chi connectivity index (χ2n) is 16.4. The van der Waals surface area contributed by atoms with Crippen molar-refractivity contribution in [1.29, 1.82) is 0 Å². The zero-order valence-electron chi connectivity index (χ0n) is 34.0. The number of aromatic hydroxyl groups is 1. The average molecular weight is 859 g/mol. The molecule has 61 heavy (non-hydrogen) atoms. The van der Waals surface area contributed by atoms with E-state index in [9.17, 15) is 24.9 Å². The number of nitrogens with one attached hydrogen (secondary N) is 2. The number of benzene rings is 3. The van der Waals surface area contributed by atoms with Gasteiger partial charge in [-0.3, -0.25) is 4.79 Å². The summed E-state index contributed by atoms with van der Waals surface area (Å²) in [7, 11) is 2.17. The van der Waals surface area contributed by atoms with E-state index >= 15 is 0 Å². The molecule has 0 aliphatic heterocycles. The van der Waals surface area contributed by atoms with Gasteiger partial charge in [-0.05, 0) is 139 Å². The summed E-state index contributed by atoms with van der Waals surface area (Å²) in [4.78, 5) is 31.9. The lowest BCUT2D eigenvalue weighted by atomic mass is 9.91. The van der Waals surface area contributed by atoms with Crippen molar-refractivity contribution >= 4 is 50.6 Å². The Labute approximate surface area is 361 Å². The molecule has 7 aromatic rings. The highest BCUT2D eigenvalue weighted by molar-refractivity contribution is 7.12. The molecule has 0 radical (unpaired) electrons. The molecular formula is C47H50N6O6S2. The highest BCUT2D eigenvalue weighted by atomic mass is 32.1. The SMILES string of the molecule is CN(CCCn1nnc2cc(CNC[C@H](O)c3ccc(O)c4[nH]c(=O)ccc34)c3c(c21)CCC3)C1CCC(OC(=O)C(O)(c2cccs2)c2cc(-c3ccccc3)cs2)CC1. The van der Waals surface area contributed by atoms with Crippen LogP contribution in [0.4, 0.5) is 0 Å². The van der Waals surface area contributed by atoms with Crippen LogP contribution in [0, 0.1) is 0 Å². The number of rotatable bonds is 15. The molecule has 2 aliphatic rings. The Hall–Kier alpha value is -5.22. The number of aliphatic hydroxyl groups excluding tert-OH is 1. The zero-order valence-corrected chi connectivity index (χ0v) is 35.7. The molecule has 1 fully saturated rings. The van der Waals surface area contributed by atoms with Crippen LogP contribution < -0.4 is 10.9 Å². The molecule has 2 atom stereocenters. The average Bonchev–Trinajstić information content (AvgIpc) is 4.12. The van der Waals surface area contributed by atoms with Crippen LogP contribution >= 0.6 is 22.7 Å². The molecule has 4 aromatic heterocycles. The lowest BCUT2D eigenvalue weighted by Crippen LogP contribution is -2.42. The number of phenolic OH excluding ortho intramolecular Hbond substituents is 1. The number of carbonyl (C=O) groups excluding carboxylic acids is 1. The van der Waals surface area contributed by atoms with E-state index < -0.39 is 17.7 Å². The van der Waals surface area contributed by atoms with E-state index in [0.29, 0.717) is 45.4 Å². The topological polar surface area (TPSA) is 166 Å². The minimum Gasteiger partial charge on any atom is -0.506 e. The van der Waals surface area contributed by atoms with Crippen LogP contribution in [0.1, 0.15) is 76.6 Å². The second-order valence-corrected chi connectivity index (χ2v) is 18.2. The normalized spacial score (nSPS) is 18.1. The fraction of sp³-hybridized carbons (Fsp3) is 0.362. The molecule has 2 aliphatic carbocycles. The summed E-state index contributed by atoms with van der Waals surface area (Å²) in [6.07, 6.45) is 6.16. The number of thiophene rings is 2. The number of esters is 1. The van der Waals surface area contributed by atoms with Crippen LogP contribution in [0.5, 0.6) is 5.75 Å². The first kappa shape index (κ1) is 41.1. The highest BCUT2D eigenvalue weighted by Gasteiger charge is 2.45. The number of fused-ring (bicyclic) bond motifs is 4. The molecule has 0 amide bonds. The lowest BCUT2D eigenvalue weighted by molar-refractivity contribution is -0.169. The van der Waals surface area contributed by atoms with Crippen molar-refractivity contribution < 1.29 is 24.9 Å². The van der Waals surface area contributed by atoms with E-state index in [-0.39, 0.29) is 17.4 Å². The van der Waals surface area contributed by atoms with Crippen molar-refractivity contribution in [3.8, 4) is 16.9 Å². The lowest BCUT2D eigenvalue weighted by Gasteiger charge is -2.35. The Morgan fingerprint density at radius 3 is 2.62 bits per heavy atom. The molecule has 3 aromatic carbocycles. The first-order valence-electron chi connectivity index (χ1n) is 21.1. The van der Waals surface area contributed by atoms with Gasteiger partial charge in [0.15, 0.2) is 0 Å². The summed E-state index contributed by atoms with van der Waals surface area (Å²) < 4.78 is 8.19. The molecule has 1 unspecified atom stereocenters. The minimum atomic E-state index is -1.86. The summed E-state index contributed by atoms with van der Waals surface area (Å²) in [5.74, 6) is -0.643. The van der Waals surface area contributed by atoms with Crippen LogP contribution in [-0.2, 0) is 41.1 Å². The van der Waals surface area contributed by atoms with Gasteiger partial charge in [0, 0.05) is 37.1 Å². The first-order valence-corrected chi connectivity index (χ1v) is 22.9. The maximum atomic E-state index is 13.9. The van der Waals surface area contributed by atoms with Gasteiger partial charge in [-0.1, -0.05) is 47.7 Å². The Balaban J connectivity index is 0.780. The Bertz CT molecular complexity index is 2710. The maximum Gasteiger partial charge on any atom is 0.349 e. The predicted octanol–water partition coefficient (Wildman–Crippen LogP) is 7.19. The number of phenols is 1. The molecule has 5 N–H and O–H groups in total. The van der Waals surface area contributed by atoms with Crippen molar-refractivity contribution in [1.82, 2.24) is 30.2 Å². The fourth-order valence-corrected chi connectivity index (χ4v) is 11.2. The van der Waals surface area contributed by atoms with Gasteiger partial charge in [-0.2, -0.15) is 0 Å². The number of aromatic nitrogens is 4. The smallest absolute Gasteiger partial charge is 0.349 e. The number of hydrogen-bond acceptors (Lipinski definition) is 12. The van der Waals surface area contributed by atoms with Crippen LogP contribution in [0.15, 0.2) is 94.4 Å². The minimum absolute atomic E-state index is 0.0331. The highest BCUT2D eigenvalue weighted by Crippen LogP contribution is 2.41. The van der Waals surface area contributed by atoms with Crippen molar-refractivity contribution in [2.24, 2.45) is 0 Å². The molecule has 0 saturated heterocycles. The van der Waals surface area contributed by atoms with Crippen molar-refractivity contribution in [2.45, 2.75) is 88.3 Å². The number of nitrogens with zero attached hydrogens (tertiary/aromatic N) is 4. The molecule has 14 heteroatoms. The monoisotopic (exact) mass is 858 g/mol. The number of hydrogen-bond donors (Lipinski definition) is 5. The van der Waals surface area contributed by atoms with Crippen molar-refractivity contribution in [3.63, 3.8) is 0 Å².